The molecule has 1 aromatic carbocycles. The van der Waals surface area contributed by atoms with Crippen LogP contribution in [-0.2, 0) is 16.4 Å². The molecule has 166 valence electrons. The fourth-order valence-corrected chi connectivity index (χ4v) is 4.49. The lowest BCUT2D eigenvalue weighted by molar-refractivity contribution is 0.0993. The van der Waals surface area contributed by atoms with Crippen LogP contribution in [-0.4, -0.2) is 25.0 Å². The Bertz CT molecular complexity index is 1310. The van der Waals surface area contributed by atoms with Gasteiger partial charge in [-0.1, -0.05) is 17.7 Å². The zero-order valence-corrected chi connectivity index (χ0v) is 18.9. The number of aryl methyl sites for hydroxylation is 3. The third kappa shape index (κ3) is 4.43. The number of amides is 1. The van der Waals surface area contributed by atoms with E-state index in [0.717, 1.165) is 17.5 Å². The first kappa shape index (κ1) is 21.8. The number of fused-ring (bicyclic) bond motifs is 1. The van der Waals surface area contributed by atoms with E-state index >= 15 is 0 Å². The maximum atomic E-state index is 12.8. The van der Waals surface area contributed by atoms with Crippen LogP contribution in [0.2, 0.25) is 0 Å². The van der Waals surface area contributed by atoms with Gasteiger partial charge in [0.2, 0.25) is 0 Å². The number of hydrazone groups is 1. The lowest BCUT2D eigenvalue weighted by Crippen LogP contribution is -2.22. The van der Waals surface area contributed by atoms with Crippen molar-refractivity contribution in [2.75, 3.05) is 5.32 Å². The van der Waals surface area contributed by atoms with Gasteiger partial charge in [-0.15, -0.1) is 0 Å². The lowest BCUT2D eigenvalue weighted by Gasteiger charge is -2.14. The molecule has 0 aliphatic heterocycles. The second-order valence-electron chi connectivity index (χ2n) is 7.85. The van der Waals surface area contributed by atoms with Crippen LogP contribution in [0.1, 0.15) is 51.4 Å². The number of benzene rings is 1. The number of rotatable bonds is 5. The number of hydrogen-bond donors (Lipinski definition) is 2. The average Bonchev–Trinajstić information content (AvgIpc) is 3.10. The monoisotopic (exact) mass is 452 g/mol. The normalized spacial score (nSPS) is 14.8. The molecule has 0 bridgehead atoms. The predicted molar refractivity (Wildman–Crippen MR) is 121 cm³/mol. The first-order valence-electron chi connectivity index (χ1n) is 10.3. The van der Waals surface area contributed by atoms with Gasteiger partial charge in [0.1, 0.15) is 11.6 Å². The SMILES string of the molecule is Cc1ccc(S(=O)(=O)N/N=C2\CCCc3oc(C(=O)Nc4cc(C)ccn4)c(C)c32)cc1. The van der Waals surface area contributed by atoms with E-state index in [1.165, 1.54) is 12.1 Å². The Morgan fingerprint density at radius 3 is 2.53 bits per heavy atom. The summed E-state index contributed by atoms with van der Waals surface area (Å²) in [5, 5.41) is 6.95. The summed E-state index contributed by atoms with van der Waals surface area (Å²) in [4.78, 5) is 19.4. The number of furan rings is 1. The molecular formula is C23H24N4O4S. The summed E-state index contributed by atoms with van der Waals surface area (Å²) in [6.45, 7) is 5.57. The summed E-state index contributed by atoms with van der Waals surface area (Å²) in [5.41, 5.74) is 3.80. The summed E-state index contributed by atoms with van der Waals surface area (Å²) in [6, 6.07) is 10.1. The van der Waals surface area contributed by atoms with Crippen molar-refractivity contribution in [3.8, 4) is 0 Å². The van der Waals surface area contributed by atoms with Crippen molar-refractivity contribution < 1.29 is 17.6 Å². The van der Waals surface area contributed by atoms with Crippen LogP contribution in [0.3, 0.4) is 0 Å². The minimum absolute atomic E-state index is 0.137. The standard InChI is InChI=1S/C23H24N4O4S/c1-14-7-9-17(10-8-14)32(29,30)27-26-18-5-4-6-19-21(18)16(3)22(31-19)23(28)25-20-13-15(2)11-12-24-20/h7-13,27H,4-6H2,1-3H3,(H,24,25,28)/b26-18+. The highest BCUT2D eigenvalue weighted by molar-refractivity contribution is 7.89. The minimum Gasteiger partial charge on any atom is -0.455 e. The van der Waals surface area contributed by atoms with Crippen LogP contribution in [0.15, 0.2) is 57.0 Å². The molecule has 0 unspecified atom stereocenters. The maximum Gasteiger partial charge on any atom is 0.292 e. The third-order valence-corrected chi connectivity index (χ3v) is 6.55. The van der Waals surface area contributed by atoms with Crippen molar-refractivity contribution in [1.29, 1.82) is 0 Å². The van der Waals surface area contributed by atoms with E-state index in [-0.39, 0.29) is 10.7 Å². The Morgan fingerprint density at radius 1 is 1.06 bits per heavy atom. The van der Waals surface area contributed by atoms with Gasteiger partial charge in [0.15, 0.2) is 5.76 Å². The predicted octanol–water partition coefficient (Wildman–Crippen LogP) is 3.87. The molecule has 2 N–H and O–H groups in total. The quantitative estimate of drug-likeness (QED) is 0.571. The number of hydrogen-bond acceptors (Lipinski definition) is 6. The Hall–Kier alpha value is -3.46. The fraction of sp³-hybridized carbons (Fsp3) is 0.261. The van der Waals surface area contributed by atoms with Gasteiger partial charge in [-0.3, -0.25) is 4.79 Å². The number of pyridine rings is 1. The number of anilines is 1. The van der Waals surface area contributed by atoms with Crippen LogP contribution in [0, 0.1) is 20.8 Å². The highest BCUT2D eigenvalue weighted by Crippen LogP contribution is 2.30. The van der Waals surface area contributed by atoms with E-state index in [1.54, 1.807) is 31.3 Å². The van der Waals surface area contributed by atoms with E-state index in [9.17, 15) is 13.2 Å². The van der Waals surface area contributed by atoms with Crippen LogP contribution in [0.25, 0.3) is 0 Å². The van der Waals surface area contributed by atoms with E-state index in [4.69, 9.17) is 4.42 Å². The number of nitrogens with one attached hydrogen (secondary N) is 2. The highest BCUT2D eigenvalue weighted by Gasteiger charge is 2.28. The Morgan fingerprint density at radius 2 is 1.81 bits per heavy atom. The maximum absolute atomic E-state index is 12.8. The molecule has 4 rings (SSSR count). The molecule has 0 radical (unpaired) electrons. The van der Waals surface area contributed by atoms with Crippen LogP contribution < -0.4 is 10.1 Å². The van der Waals surface area contributed by atoms with E-state index in [1.807, 2.05) is 19.9 Å². The van der Waals surface area contributed by atoms with Gasteiger partial charge in [0.25, 0.3) is 15.9 Å². The van der Waals surface area contributed by atoms with Gasteiger partial charge in [-0.2, -0.15) is 18.4 Å². The molecule has 2 aromatic heterocycles. The highest BCUT2D eigenvalue weighted by atomic mass is 32.2. The van der Waals surface area contributed by atoms with Crippen molar-refractivity contribution in [3.05, 3.63) is 76.4 Å². The molecule has 32 heavy (non-hydrogen) atoms. The molecule has 2 heterocycles. The molecule has 0 spiro atoms. The first-order chi connectivity index (χ1) is 15.2. The molecule has 1 aliphatic rings. The average molecular weight is 453 g/mol. The smallest absolute Gasteiger partial charge is 0.292 e. The molecule has 0 fully saturated rings. The molecule has 0 saturated carbocycles. The van der Waals surface area contributed by atoms with Gasteiger partial charge in [-0.25, -0.2) is 4.98 Å². The van der Waals surface area contributed by atoms with Crippen molar-refractivity contribution in [1.82, 2.24) is 9.82 Å². The van der Waals surface area contributed by atoms with Crippen molar-refractivity contribution in [2.45, 2.75) is 44.9 Å². The molecule has 0 saturated heterocycles. The topological polar surface area (TPSA) is 114 Å². The van der Waals surface area contributed by atoms with Gasteiger partial charge < -0.3 is 9.73 Å². The number of nitrogens with zero attached hydrogens (tertiary/aromatic N) is 2. The van der Waals surface area contributed by atoms with E-state index in [2.05, 4.69) is 20.2 Å². The molecule has 1 aliphatic carbocycles. The summed E-state index contributed by atoms with van der Waals surface area (Å²) in [5.74, 6) is 0.830. The number of sulfonamides is 1. The molecule has 0 atom stereocenters. The number of carbonyl (C=O) groups is 1. The molecular weight excluding hydrogens is 428 g/mol. The largest absolute Gasteiger partial charge is 0.455 e. The summed E-state index contributed by atoms with van der Waals surface area (Å²) < 4.78 is 31.1. The molecule has 1 amide bonds. The molecule has 9 heteroatoms. The van der Waals surface area contributed by atoms with Gasteiger partial charge in [0, 0.05) is 23.7 Å². The summed E-state index contributed by atoms with van der Waals surface area (Å²) in [7, 11) is -3.80. The summed E-state index contributed by atoms with van der Waals surface area (Å²) >= 11 is 0. The fourth-order valence-electron chi connectivity index (χ4n) is 3.66. The van der Waals surface area contributed by atoms with Gasteiger partial charge in [0.05, 0.1) is 10.6 Å². The van der Waals surface area contributed by atoms with Crippen LogP contribution >= 0.6 is 0 Å². The van der Waals surface area contributed by atoms with Crippen LogP contribution in [0.5, 0.6) is 0 Å². The Labute approximate surface area is 186 Å². The number of carbonyl (C=O) groups excluding carboxylic acids is 1. The zero-order valence-electron chi connectivity index (χ0n) is 18.1. The lowest BCUT2D eigenvalue weighted by atomic mass is 9.93. The molecule has 8 nitrogen and oxygen atoms in total. The molecule has 3 aromatic rings. The van der Waals surface area contributed by atoms with Gasteiger partial charge in [-0.05, 0) is 63.4 Å². The van der Waals surface area contributed by atoms with Gasteiger partial charge >= 0.3 is 0 Å². The second-order valence-corrected chi connectivity index (χ2v) is 9.51. The Kier molecular flexibility index (Phi) is 5.84. The van der Waals surface area contributed by atoms with E-state index < -0.39 is 15.9 Å². The summed E-state index contributed by atoms with van der Waals surface area (Å²) in [6.07, 6.45) is 3.58. The van der Waals surface area contributed by atoms with Crippen LogP contribution in [0.4, 0.5) is 5.82 Å². The van der Waals surface area contributed by atoms with Crippen molar-refractivity contribution in [3.63, 3.8) is 0 Å². The zero-order chi connectivity index (χ0) is 22.9. The van der Waals surface area contributed by atoms with Crippen molar-refractivity contribution in [2.24, 2.45) is 5.10 Å². The Balaban J connectivity index is 1.60. The van der Waals surface area contributed by atoms with Crippen molar-refractivity contribution >= 4 is 27.5 Å². The third-order valence-electron chi connectivity index (χ3n) is 5.32. The first-order valence-corrected chi connectivity index (χ1v) is 11.7. The number of aromatic nitrogens is 1. The van der Waals surface area contributed by atoms with E-state index in [0.29, 0.717) is 41.3 Å². The second kappa shape index (κ2) is 8.58. The minimum atomic E-state index is -3.80.